The van der Waals surface area contributed by atoms with Gasteiger partial charge in [0.1, 0.15) is 6.54 Å². The third kappa shape index (κ3) is 4.65. The van der Waals surface area contributed by atoms with E-state index in [1.54, 1.807) is 14.1 Å². The van der Waals surface area contributed by atoms with Crippen LogP contribution in [0.15, 0.2) is 36.5 Å². The van der Waals surface area contributed by atoms with Crippen LogP contribution >= 0.6 is 0 Å². The number of aromatic nitrogens is 3. The van der Waals surface area contributed by atoms with Crippen molar-refractivity contribution in [3.05, 3.63) is 47.8 Å². The number of carbonyl (C=O) groups is 2. The predicted molar refractivity (Wildman–Crippen MR) is 90.5 cm³/mol. The Labute approximate surface area is 141 Å². The second-order valence-electron chi connectivity index (χ2n) is 5.82. The first-order valence-electron chi connectivity index (χ1n) is 7.94. The minimum absolute atomic E-state index is 0.0644. The largest absolute Gasteiger partial charge is 0.350 e. The van der Waals surface area contributed by atoms with Crippen LogP contribution in [-0.2, 0) is 11.3 Å². The van der Waals surface area contributed by atoms with Crippen LogP contribution in [-0.4, -0.2) is 52.3 Å². The highest BCUT2D eigenvalue weighted by Gasteiger charge is 2.15. The zero-order chi connectivity index (χ0) is 17.5. The molecule has 2 aromatic rings. The summed E-state index contributed by atoms with van der Waals surface area (Å²) in [6, 6.07) is 10.1. The average molecular weight is 329 g/mol. The molecule has 0 spiro atoms. The van der Waals surface area contributed by atoms with Crippen LogP contribution in [0, 0.1) is 0 Å². The first kappa shape index (κ1) is 17.7. The quantitative estimate of drug-likeness (QED) is 0.830. The Bertz CT molecular complexity index is 681. The number of benzene rings is 1. The van der Waals surface area contributed by atoms with Gasteiger partial charge in [-0.2, -0.15) is 0 Å². The topological polar surface area (TPSA) is 80.1 Å². The van der Waals surface area contributed by atoms with E-state index >= 15 is 0 Å². The molecule has 1 aromatic heterocycles. The van der Waals surface area contributed by atoms with Gasteiger partial charge in [-0.25, -0.2) is 4.68 Å². The smallest absolute Gasteiger partial charge is 0.273 e. The van der Waals surface area contributed by atoms with Crippen LogP contribution in [0.1, 0.15) is 35.3 Å². The standard InChI is InChI=1S/C17H23N5O2/c1-4-13(14-8-6-5-7-9-14)10-18-17(24)15-11-22(20-19-15)12-16(23)21(2)3/h5-9,11,13H,4,10,12H2,1-3H3,(H,18,24). The lowest BCUT2D eigenvalue weighted by atomic mass is 9.96. The fourth-order valence-corrected chi connectivity index (χ4v) is 2.29. The normalized spacial score (nSPS) is 11.8. The van der Waals surface area contributed by atoms with E-state index in [9.17, 15) is 9.59 Å². The summed E-state index contributed by atoms with van der Waals surface area (Å²) in [7, 11) is 3.34. The maximum atomic E-state index is 12.2. The third-order valence-electron chi connectivity index (χ3n) is 3.84. The molecule has 128 valence electrons. The molecule has 0 aliphatic rings. The summed E-state index contributed by atoms with van der Waals surface area (Å²) in [5.74, 6) is -0.143. The summed E-state index contributed by atoms with van der Waals surface area (Å²) < 4.78 is 1.37. The molecule has 1 heterocycles. The molecule has 0 aliphatic heterocycles. The fourth-order valence-electron chi connectivity index (χ4n) is 2.29. The van der Waals surface area contributed by atoms with Gasteiger partial charge in [-0.1, -0.05) is 42.5 Å². The third-order valence-corrected chi connectivity index (χ3v) is 3.84. The lowest BCUT2D eigenvalue weighted by molar-refractivity contribution is -0.129. The van der Waals surface area contributed by atoms with Crippen molar-refractivity contribution >= 4 is 11.8 Å². The summed E-state index contributed by atoms with van der Waals surface area (Å²) in [4.78, 5) is 25.3. The highest BCUT2D eigenvalue weighted by atomic mass is 16.2. The number of nitrogens with one attached hydrogen (secondary N) is 1. The van der Waals surface area contributed by atoms with Gasteiger partial charge in [0.25, 0.3) is 5.91 Å². The average Bonchev–Trinajstić information content (AvgIpc) is 3.04. The summed E-state index contributed by atoms with van der Waals surface area (Å²) in [6.07, 6.45) is 2.41. The monoisotopic (exact) mass is 329 g/mol. The van der Waals surface area contributed by atoms with Gasteiger partial charge in [0, 0.05) is 26.6 Å². The predicted octanol–water partition coefficient (Wildman–Crippen LogP) is 1.29. The molecule has 0 bridgehead atoms. The Kier molecular flexibility index (Phi) is 6.06. The molecule has 1 aromatic carbocycles. The van der Waals surface area contributed by atoms with E-state index in [1.165, 1.54) is 21.3 Å². The van der Waals surface area contributed by atoms with Gasteiger partial charge < -0.3 is 10.2 Å². The summed E-state index contributed by atoms with van der Waals surface area (Å²) in [6.45, 7) is 2.69. The molecule has 2 rings (SSSR count). The van der Waals surface area contributed by atoms with Gasteiger partial charge >= 0.3 is 0 Å². The SMILES string of the molecule is CCC(CNC(=O)c1cn(CC(=O)N(C)C)nn1)c1ccccc1. The minimum Gasteiger partial charge on any atom is -0.350 e. The van der Waals surface area contributed by atoms with Crippen molar-refractivity contribution in [3.8, 4) is 0 Å². The van der Waals surface area contributed by atoms with E-state index in [0.29, 0.717) is 6.54 Å². The molecule has 7 nitrogen and oxygen atoms in total. The molecular formula is C17H23N5O2. The second-order valence-corrected chi connectivity index (χ2v) is 5.82. The van der Waals surface area contributed by atoms with Crippen molar-refractivity contribution in [3.63, 3.8) is 0 Å². The van der Waals surface area contributed by atoms with E-state index < -0.39 is 0 Å². The number of hydrogen-bond acceptors (Lipinski definition) is 4. The Morgan fingerprint density at radius 1 is 1.25 bits per heavy atom. The van der Waals surface area contributed by atoms with Crippen LogP contribution < -0.4 is 5.32 Å². The van der Waals surface area contributed by atoms with Crippen LogP contribution in [0.2, 0.25) is 0 Å². The van der Waals surface area contributed by atoms with Crippen molar-refractivity contribution in [2.75, 3.05) is 20.6 Å². The van der Waals surface area contributed by atoms with E-state index in [2.05, 4.69) is 34.7 Å². The van der Waals surface area contributed by atoms with Crippen molar-refractivity contribution in [2.45, 2.75) is 25.8 Å². The molecule has 1 N–H and O–H groups in total. The van der Waals surface area contributed by atoms with Gasteiger partial charge in [-0.05, 0) is 12.0 Å². The van der Waals surface area contributed by atoms with Gasteiger partial charge in [0.15, 0.2) is 5.69 Å². The number of hydrogen-bond donors (Lipinski definition) is 1. The Balaban J connectivity index is 1.93. The first-order valence-corrected chi connectivity index (χ1v) is 7.94. The number of rotatable bonds is 7. The molecular weight excluding hydrogens is 306 g/mol. The van der Waals surface area contributed by atoms with E-state index in [1.807, 2.05) is 18.2 Å². The van der Waals surface area contributed by atoms with Gasteiger partial charge in [-0.3, -0.25) is 9.59 Å². The van der Waals surface area contributed by atoms with Crippen molar-refractivity contribution in [2.24, 2.45) is 0 Å². The Hall–Kier alpha value is -2.70. The summed E-state index contributed by atoms with van der Waals surface area (Å²) >= 11 is 0. The van der Waals surface area contributed by atoms with Crippen LogP contribution in [0.3, 0.4) is 0 Å². The molecule has 0 saturated heterocycles. The van der Waals surface area contributed by atoms with Crippen LogP contribution in [0.4, 0.5) is 0 Å². The van der Waals surface area contributed by atoms with Crippen molar-refractivity contribution < 1.29 is 9.59 Å². The highest BCUT2D eigenvalue weighted by molar-refractivity contribution is 5.91. The van der Waals surface area contributed by atoms with Gasteiger partial charge in [0.05, 0.1) is 6.20 Å². The molecule has 0 saturated carbocycles. The van der Waals surface area contributed by atoms with Crippen molar-refractivity contribution in [1.29, 1.82) is 0 Å². The Morgan fingerprint density at radius 2 is 1.96 bits per heavy atom. The van der Waals surface area contributed by atoms with Gasteiger partial charge in [0.2, 0.25) is 5.91 Å². The zero-order valence-electron chi connectivity index (χ0n) is 14.3. The number of amides is 2. The van der Waals surface area contributed by atoms with E-state index in [4.69, 9.17) is 0 Å². The maximum Gasteiger partial charge on any atom is 0.273 e. The minimum atomic E-state index is -0.284. The number of nitrogens with zero attached hydrogens (tertiary/aromatic N) is 4. The maximum absolute atomic E-state index is 12.2. The fraction of sp³-hybridized carbons (Fsp3) is 0.412. The van der Waals surface area contributed by atoms with Crippen LogP contribution in [0.25, 0.3) is 0 Å². The zero-order valence-corrected chi connectivity index (χ0v) is 14.3. The van der Waals surface area contributed by atoms with Crippen molar-refractivity contribution in [1.82, 2.24) is 25.2 Å². The van der Waals surface area contributed by atoms with Crippen LogP contribution in [0.5, 0.6) is 0 Å². The molecule has 1 atom stereocenters. The number of carbonyl (C=O) groups excluding carboxylic acids is 2. The lowest BCUT2D eigenvalue weighted by Crippen LogP contribution is -2.28. The molecule has 0 fully saturated rings. The molecule has 24 heavy (non-hydrogen) atoms. The summed E-state index contributed by atoms with van der Waals surface area (Å²) in [5, 5.41) is 10.5. The van der Waals surface area contributed by atoms with E-state index in [-0.39, 0.29) is 30.0 Å². The lowest BCUT2D eigenvalue weighted by Gasteiger charge is -2.15. The van der Waals surface area contributed by atoms with Gasteiger partial charge in [-0.15, -0.1) is 5.10 Å². The highest BCUT2D eigenvalue weighted by Crippen LogP contribution is 2.18. The molecule has 2 amide bonds. The second kappa shape index (κ2) is 8.24. The molecule has 7 heteroatoms. The molecule has 1 unspecified atom stereocenters. The Morgan fingerprint density at radius 3 is 2.58 bits per heavy atom. The number of likely N-dealkylation sites (N-methyl/N-ethyl adjacent to an activating group) is 1. The van der Waals surface area contributed by atoms with E-state index in [0.717, 1.165) is 6.42 Å². The first-order chi connectivity index (χ1) is 11.5. The summed E-state index contributed by atoms with van der Waals surface area (Å²) in [5.41, 5.74) is 1.41. The molecule has 0 aliphatic carbocycles. The molecule has 0 radical (unpaired) electrons.